The normalized spacial score (nSPS) is 24.3. The molecule has 1 aromatic rings. The summed E-state index contributed by atoms with van der Waals surface area (Å²) in [7, 11) is 1.41. The molecule has 5 heterocycles. The third kappa shape index (κ3) is 4.41. The standard InChI is InChI=1S/C39H38N4O3/c1-8-24-19(3)27-16-29-21(5)26(14-15-33(44)46-7)37(42-29)36-38-34(35(39(36)45)23-12-10-11-13-23)22(6)30(43-38)18-32-25(9-2)20(4)28(41-32)17-31(24)40-27/h8,10-12,16-18,21,26,35,40,45H,1,9,14-15H2,2-7H3/t21-,26-,35-/m0/s1. The number of carbonyl (C=O) groups excluding carboxylic acids is 1. The molecule has 6 aliphatic rings. The second-order valence-corrected chi connectivity index (χ2v) is 12.6. The van der Waals surface area contributed by atoms with Gasteiger partial charge in [-0.05, 0) is 91.8 Å². The van der Waals surface area contributed by atoms with Crippen LogP contribution in [0.2, 0.25) is 0 Å². The molecule has 0 radical (unpaired) electrons. The van der Waals surface area contributed by atoms with Gasteiger partial charge in [0.25, 0.3) is 0 Å². The second kappa shape index (κ2) is 11.1. The van der Waals surface area contributed by atoms with Gasteiger partial charge >= 0.3 is 5.97 Å². The Balaban J connectivity index is 1.52. The van der Waals surface area contributed by atoms with E-state index in [-0.39, 0.29) is 30.0 Å². The number of ether oxygens (including phenoxy) is 1. The van der Waals surface area contributed by atoms with Crippen LogP contribution in [0.3, 0.4) is 0 Å². The van der Waals surface area contributed by atoms with Crippen LogP contribution >= 0.6 is 0 Å². The van der Waals surface area contributed by atoms with Gasteiger partial charge in [0.1, 0.15) is 5.76 Å². The molecule has 0 unspecified atom stereocenters. The number of carbonyl (C=O) groups is 1. The quantitative estimate of drug-likeness (QED) is 0.251. The van der Waals surface area contributed by atoms with Crippen LogP contribution in [0.4, 0.5) is 0 Å². The van der Waals surface area contributed by atoms with E-state index in [4.69, 9.17) is 19.7 Å². The van der Waals surface area contributed by atoms with Gasteiger partial charge in [0.2, 0.25) is 0 Å². The molecule has 2 N–H and O–H groups in total. The van der Waals surface area contributed by atoms with Gasteiger partial charge in [-0.2, -0.15) is 0 Å². The number of aliphatic imine (C=N–C) groups is 3. The van der Waals surface area contributed by atoms with Crippen molar-refractivity contribution in [3.05, 3.63) is 115 Å². The Morgan fingerprint density at radius 3 is 2.59 bits per heavy atom. The summed E-state index contributed by atoms with van der Waals surface area (Å²) in [5.41, 5.74) is 18.2. The van der Waals surface area contributed by atoms with Gasteiger partial charge in [-0.3, -0.25) is 9.79 Å². The lowest BCUT2D eigenvalue weighted by atomic mass is 9.83. The molecule has 8 bridgehead atoms. The number of nitrogens with zero attached hydrogens (tertiary/aromatic N) is 3. The molecule has 46 heavy (non-hydrogen) atoms. The van der Waals surface area contributed by atoms with Crippen LogP contribution < -0.4 is 0 Å². The maximum Gasteiger partial charge on any atom is 0.305 e. The van der Waals surface area contributed by atoms with Crippen molar-refractivity contribution < 1.29 is 14.6 Å². The largest absolute Gasteiger partial charge is 0.511 e. The first kappa shape index (κ1) is 29.7. The Kier molecular flexibility index (Phi) is 7.17. The fourth-order valence-corrected chi connectivity index (χ4v) is 7.60. The van der Waals surface area contributed by atoms with Crippen LogP contribution in [-0.2, 0) is 9.53 Å². The zero-order valence-corrected chi connectivity index (χ0v) is 27.2. The van der Waals surface area contributed by atoms with E-state index in [0.717, 1.165) is 85.5 Å². The van der Waals surface area contributed by atoms with E-state index in [1.165, 1.54) is 12.7 Å². The van der Waals surface area contributed by atoms with Crippen molar-refractivity contribution in [1.82, 2.24) is 4.98 Å². The Labute approximate surface area is 269 Å². The molecule has 3 atom stereocenters. The van der Waals surface area contributed by atoms with Gasteiger partial charge in [0.15, 0.2) is 0 Å². The van der Waals surface area contributed by atoms with Gasteiger partial charge in [-0.15, -0.1) is 5.73 Å². The maximum absolute atomic E-state index is 12.4. The highest BCUT2D eigenvalue weighted by Crippen LogP contribution is 2.50. The van der Waals surface area contributed by atoms with Crippen LogP contribution in [-0.4, -0.2) is 40.3 Å². The van der Waals surface area contributed by atoms with Crippen LogP contribution in [0, 0.1) is 24.7 Å². The zero-order valence-electron chi connectivity index (χ0n) is 27.2. The number of hydrogen-bond donors (Lipinski definition) is 2. The lowest BCUT2D eigenvalue weighted by Gasteiger charge is -2.19. The van der Waals surface area contributed by atoms with Gasteiger partial charge in [-0.25, -0.2) is 9.98 Å². The number of allylic oxidation sites excluding steroid dienone is 9. The van der Waals surface area contributed by atoms with Crippen molar-refractivity contribution >= 4 is 41.3 Å². The topological polar surface area (TPSA) is 99.4 Å². The molecule has 0 saturated heterocycles. The van der Waals surface area contributed by atoms with Crippen molar-refractivity contribution in [2.75, 3.05) is 7.11 Å². The number of aromatic nitrogens is 1. The summed E-state index contributed by atoms with van der Waals surface area (Å²) in [6.07, 6.45) is 15.6. The number of nitrogens with one attached hydrogen (secondary N) is 1. The van der Waals surface area contributed by atoms with Crippen molar-refractivity contribution in [2.24, 2.45) is 32.7 Å². The fourth-order valence-electron chi connectivity index (χ4n) is 7.60. The second-order valence-electron chi connectivity index (χ2n) is 12.6. The molecule has 7 heteroatoms. The molecule has 2 aliphatic carbocycles. The first-order valence-corrected chi connectivity index (χ1v) is 16.0. The summed E-state index contributed by atoms with van der Waals surface area (Å²) in [5, 5.41) is 12.1. The molecule has 232 valence electrons. The lowest BCUT2D eigenvalue weighted by molar-refractivity contribution is -0.140. The van der Waals surface area contributed by atoms with Crippen LogP contribution in [0.5, 0.6) is 0 Å². The summed E-state index contributed by atoms with van der Waals surface area (Å²) in [4.78, 5) is 31.6. The van der Waals surface area contributed by atoms with E-state index in [9.17, 15) is 9.90 Å². The highest BCUT2D eigenvalue weighted by molar-refractivity contribution is 6.35. The first-order valence-electron chi connectivity index (χ1n) is 16.0. The molecular weight excluding hydrogens is 572 g/mol. The molecule has 0 saturated carbocycles. The van der Waals surface area contributed by atoms with E-state index >= 15 is 0 Å². The smallest absolute Gasteiger partial charge is 0.305 e. The summed E-state index contributed by atoms with van der Waals surface area (Å²) >= 11 is 0. The Hall–Kier alpha value is -5.00. The fraction of sp³-hybridized carbons (Fsp3) is 0.308. The predicted octanol–water partition coefficient (Wildman–Crippen LogP) is 8.25. The predicted molar refractivity (Wildman–Crippen MR) is 185 cm³/mol. The molecule has 0 spiro atoms. The number of aromatic amines is 1. The summed E-state index contributed by atoms with van der Waals surface area (Å²) in [6, 6.07) is 0. The number of methoxy groups -OCH3 is 1. The number of fused-ring (bicyclic) bond motifs is 6. The molecule has 0 amide bonds. The number of hydrogen-bond acceptors (Lipinski definition) is 6. The van der Waals surface area contributed by atoms with Gasteiger partial charge in [0, 0.05) is 46.5 Å². The SMILES string of the molecule is C=Cc1c2[nH]c(c1C)C=C1N=C(C3=C(O)[C@@H](C4=C=CC=C4)C4=C(C)C(=CC5=NC(=C2)C(C)=C5CC)N=C34)[C@@H](CCC(=O)OC)[C@@H]1C. The van der Waals surface area contributed by atoms with Gasteiger partial charge in [0.05, 0.1) is 47.1 Å². The van der Waals surface area contributed by atoms with Crippen LogP contribution in [0.15, 0.2) is 108 Å². The number of aliphatic hydroxyl groups is 1. The third-order valence-electron chi connectivity index (χ3n) is 10.2. The minimum atomic E-state index is -0.409. The molecule has 7 nitrogen and oxygen atoms in total. The van der Waals surface area contributed by atoms with E-state index in [1.54, 1.807) is 0 Å². The van der Waals surface area contributed by atoms with E-state index in [0.29, 0.717) is 12.0 Å². The van der Waals surface area contributed by atoms with Crippen LogP contribution in [0.25, 0.3) is 18.2 Å². The minimum absolute atomic E-state index is 0.0266. The lowest BCUT2D eigenvalue weighted by Crippen LogP contribution is -2.23. The van der Waals surface area contributed by atoms with E-state index in [2.05, 4.69) is 70.1 Å². The molecular formula is C39H38N4O3. The Morgan fingerprint density at radius 2 is 1.89 bits per heavy atom. The number of H-pyrrole nitrogens is 1. The molecule has 7 rings (SSSR count). The van der Waals surface area contributed by atoms with Gasteiger partial charge in [-0.1, -0.05) is 32.6 Å². The molecule has 0 aromatic carbocycles. The average molecular weight is 611 g/mol. The molecule has 4 aliphatic heterocycles. The third-order valence-corrected chi connectivity index (χ3v) is 10.2. The van der Waals surface area contributed by atoms with E-state index in [1.807, 2.05) is 24.3 Å². The summed E-state index contributed by atoms with van der Waals surface area (Å²) in [6.45, 7) is 14.7. The minimum Gasteiger partial charge on any atom is -0.511 e. The average Bonchev–Trinajstić information content (AvgIpc) is 3.87. The van der Waals surface area contributed by atoms with Crippen molar-refractivity contribution in [1.29, 1.82) is 0 Å². The maximum atomic E-state index is 12.4. The van der Waals surface area contributed by atoms with Gasteiger partial charge < -0.3 is 14.8 Å². The molecule has 0 fully saturated rings. The number of rotatable bonds is 6. The van der Waals surface area contributed by atoms with Crippen molar-refractivity contribution in [3.8, 4) is 0 Å². The number of aliphatic hydroxyl groups excluding tert-OH is 1. The monoisotopic (exact) mass is 610 g/mol. The Bertz CT molecular complexity index is 2040. The summed E-state index contributed by atoms with van der Waals surface area (Å²) in [5.74, 6) is -0.609. The van der Waals surface area contributed by atoms with Crippen LogP contribution in [0.1, 0.15) is 69.5 Å². The number of esters is 1. The highest BCUT2D eigenvalue weighted by Gasteiger charge is 2.47. The van der Waals surface area contributed by atoms with Crippen molar-refractivity contribution in [2.45, 2.75) is 53.9 Å². The highest BCUT2D eigenvalue weighted by atomic mass is 16.5. The Morgan fingerprint density at radius 1 is 1.11 bits per heavy atom. The first-order chi connectivity index (χ1) is 22.2. The van der Waals surface area contributed by atoms with Crippen molar-refractivity contribution in [3.63, 3.8) is 0 Å². The van der Waals surface area contributed by atoms with E-state index < -0.39 is 5.92 Å². The summed E-state index contributed by atoms with van der Waals surface area (Å²) < 4.78 is 5.02. The zero-order chi connectivity index (χ0) is 32.4. The molecule has 1 aromatic heterocycles.